The average Bonchev–Trinajstić information content (AvgIpc) is 4.03. The van der Waals surface area contributed by atoms with Gasteiger partial charge >= 0.3 is 0 Å². The lowest BCUT2D eigenvalue weighted by molar-refractivity contribution is 0.659. The highest BCUT2D eigenvalue weighted by atomic mass is 16.3. The zero-order valence-corrected chi connectivity index (χ0v) is 35.7. The average molecular weight is 815 g/mol. The summed E-state index contributed by atoms with van der Waals surface area (Å²) in [6.07, 6.45) is 0. The summed E-state index contributed by atoms with van der Waals surface area (Å²) in [5, 5.41) is 4.69. The number of rotatable bonds is 4. The van der Waals surface area contributed by atoms with Gasteiger partial charge in [-0.2, -0.15) is 0 Å². The summed E-state index contributed by atoms with van der Waals surface area (Å²) in [6.45, 7) is 4.72. The van der Waals surface area contributed by atoms with E-state index >= 15 is 0 Å². The van der Waals surface area contributed by atoms with Gasteiger partial charge in [-0.15, -0.1) is 0 Å². The van der Waals surface area contributed by atoms with Crippen molar-refractivity contribution in [3.05, 3.63) is 262 Å². The predicted molar refractivity (Wildman–Crippen MR) is 264 cm³/mol. The Morgan fingerprint density at radius 2 is 0.906 bits per heavy atom. The zero-order chi connectivity index (χ0) is 42.3. The summed E-state index contributed by atoms with van der Waals surface area (Å²) < 4.78 is 7.46. The van der Waals surface area contributed by atoms with Crippen LogP contribution in [0.25, 0.3) is 77.2 Å². The highest BCUT2D eigenvalue weighted by Gasteiger charge is 2.51. The Morgan fingerprint density at radius 1 is 0.359 bits per heavy atom. The van der Waals surface area contributed by atoms with Crippen molar-refractivity contribution in [1.82, 2.24) is 0 Å². The van der Waals surface area contributed by atoms with Gasteiger partial charge in [-0.3, -0.25) is 0 Å². The summed E-state index contributed by atoms with van der Waals surface area (Å²) in [6, 6.07) is 79.5. The molecule has 0 N–H and O–H groups in total. The maximum Gasteiger partial charge on any atom is 0.143 e. The fourth-order valence-electron chi connectivity index (χ4n) is 12.5. The number of fused-ring (bicyclic) bond motifs is 17. The van der Waals surface area contributed by atoms with Gasteiger partial charge in [-0.05, 0) is 106 Å². The Kier molecular flexibility index (Phi) is 7.22. The van der Waals surface area contributed by atoms with Crippen LogP contribution in [0.1, 0.15) is 69.8 Å². The molecule has 3 aliphatic carbocycles. The molecular formula is C63H42O. The first kappa shape index (κ1) is 35.8. The largest absolute Gasteiger partial charge is 0.455 e. The molecule has 1 nitrogen and oxygen atoms in total. The third kappa shape index (κ3) is 4.58. The third-order valence-electron chi connectivity index (χ3n) is 15.2. The molecule has 1 atom stereocenters. The van der Waals surface area contributed by atoms with Crippen LogP contribution < -0.4 is 0 Å². The Labute approximate surface area is 372 Å². The minimum absolute atomic E-state index is 0.0967. The van der Waals surface area contributed by atoms with E-state index in [9.17, 15) is 0 Å². The zero-order valence-electron chi connectivity index (χ0n) is 35.7. The smallest absolute Gasteiger partial charge is 0.143 e. The Morgan fingerprint density at radius 3 is 1.61 bits per heavy atom. The molecule has 0 amide bonds. The van der Waals surface area contributed by atoms with Crippen molar-refractivity contribution in [2.45, 2.75) is 30.6 Å². The summed E-state index contributed by atoms with van der Waals surface area (Å²) in [4.78, 5) is 0. The molecule has 0 radical (unpaired) electrons. The molecule has 1 unspecified atom stereocenters. The van der Waals surface area contributed by atoms with Gasteiger partial charge in [0.2, 0.25) is 0 Å². The maximum atomic E-state index is 7.46. The molecule has 0 saturated heterocycles. The molecule has 1 spiro atoms. The fraction of sp³-hybridized carbons (Fsp3) is 0.0794. The van der Waals surface area contributed by atoms with Gasteiger partial charge < -0.3 is 4.42 Å². The minimum Gasteiger partial charge on any atom is -0.455 e. The van der Waals surface area contributed by atoms with Crippen LogP contribution in [0.3, 0.4) is 0 Å². The van der Waals surface area contributed by atoms with Gasteiger partial charge in [-0.1, -0.05) is 214 Å². The lowest BCUT2D eigenvalue weighted by Gasteiger charge is -2.31. The van der Waals surface area contributed by atoms with Crippen LogP contribution in [0.5, 0.6) is 0 Å². The van der Waals surface area contributed by atoms with E-state index in [-0.39, 0.29) is 11.3 Å². The molecule has 0 aliphatic heterocycles. The standard InChI is InChI=1S/C63H42O/c1-62(2)52-27-12-8-21-43(52)47-33-32-41(36-56(47)62)59-42-20-7-6-19-39(42)35-51-49-25-16-26-50(60(49)64-61(51)59)58(38-17-4-3-5-18-38)40-31-34-48-46-24-11-15-30-55(46)63(57(48)37-40)53-28-13-9-22-44(53)45-23-10-14-29-54(45)63/h3-37,58H,1-2H3. The first-order valence-electron chi connectivity index (χ1n) is 22.6. The van der Waals surface area contributed by atoms with Gasteiger partial charge in [0, 0.05) is 33.2 Å². The summed E-state index contributed by atoms with van der Waals surface area (Å²) in [5.41, 5.74) is 23.4. The van der Waals surface area contributed by atoms with E-state index in [1.165, 1.54) is 94.2 Å². The molecule has 1 aromatic heterocycles. The molecule has 0 saturated carbocycles. The molecule has 1 heterocycles. The topological polar surface area (TPSA) is 13.1 Å². The van der Waals surface area contributed by atoms with Gasteiger partial charge in [-0.25, -0.2) is 0 Å². The first-order chi connectivity index (χ1) is 31.5. The molecule has 1 heteroatoms. The maximum absolute atomic E-state index is 7.46. The number of benzene rings is 10. The summed E-state index contributed by atoms with van der Waals surface area (Å²) >= 11 is 0. The van der Waals surface area contributed by atoms with Crippen molar-refractivity contribution in [3.8, 4) is 44.5 Å². The number of hydrogen-bond donors (Lipinski definition) is 0. The lowest BCUT2D eigenvalue weighted by atomic mass is 9.70. The van der Waals surface area contributed by atoms with Crippen LogP contribution in [0, 0.1) is 0 Å². The highest BCUT2D eigenvalue weighted by molar-refractivity contribution is 6.19. The van der Waals surface area contributed by atoms with Crippen LogP contribution in [0.2, 0.25) is 0 Å². The Hall–Kier alpha value is -7.74. The molecule has 300 valence electrons. The molecule has 11 aromatic rings. The van der Waals surface area contributed by atoms with Crippen molar-refractivity contribution in [1.29, 1.82) is 0 Å². The van der Waals surface area contributed by atoms with Crippen molar-refractivity contribution in [2.75, 3.05) is 0 Å². The lowest BCUT2D eigenvalue weighted by Crippen LogP contribution is -2.26. The van der Waals surface area contributed by atoms with E-state index < -0.39 is 5.41 Å². The molecule has 3 aliphatic rings. The van der Waals surface area contributed by atoms with Gasteiger partial charge in [0.25, 0.3) is 0 Å². The van der Waals surface area contributed by atoms with E-state index in [1.54, 1.807) is 0 Å². The molecule has 10 aromatic carbocycles. The summed E-state index contributed by atoms with van der Waals surface area (Å²) in [7, 11) is 0. The third-order valence-corrected chi connectivity index (χ3v) is 15.2. The molecule has 64 heavy (non-hydrogen) atoms. The number of hydrogen-bond acceptors (Lipinski definition) is 1. The minimum atomic E-state index is -0.428. The van der Waals surface area contributed by atoms with E-state index in [4.69, 9.17) is 4.42 Å². The van der Waals surface area contributed by atoms with Crippen LogP contribution in [-0.4, -0.2) is 0 Å². The quantitative estimate of drug-likeness (QED) is 0.161. The molecule has 14 rings (SSSR count). The second-order valence-electron chi connectivity index (χ2n) is 18.6. The van der Waals surface area contributed by atoms with Crippen molar-refractivity contribution in [2.24, 2.45) is 0 Å². The second kappa shape index (κ2) is 12.9. The van der Waals surface area contributed by atoms with Crippen LogP contribution in [0.4, 0.5) is 0 Å². The van der Waals surface area contributed by atoms with Crippen LogP contribution >= 0.6 is 0 Å². The normalized spacial score (nSPS) is 14.9. The van der Waals surface area contributed by atoms with E-state index in [1.807, 2.05) is 0 Å². The first-order valence-corrected chi connectivity index (χ1v) is 22.6. The Bertz CT molecular complexity index is 3700. The monoisotopic (exact) mass is 814 g/mol. The van der Waals surface area contributed by atoms with Gasteiger partial charge in [0.05, 0.1) is 5.41 Å². The number of para-hydroxylation sites is 1. The van der Waals surface area contributed by atoms with Crippen LogP contribution in [-0.2, 0) is 10.8 Å². The van der Waals surface area contributed by atoms with Crippen molar-refractivity contribution < 1.29 is 4.42 Å². The van der Waals surface area contributed by atoms with Gasteiger partial charge in [0.1, 0.15) is 11.2 Å². The van der Waals surface area contributed by atoms with Crippen molar-refractivity contribution in [3.63, 3.8) is 0 Å². The molecule has 0 fully saturated rings. The van der Waals surface area contributed by atoms with E-state index in [0.717, 1.165) is 33.1 Å². The van der Waals surface area contributed by atoms with E-state index in [2.05, 4.69) is 226 Å². The van der Waals surface area contributed by atoms with Crippen molar-refractivity contribution >= 4 is 32.7 Å². The predicted octanol–water partition coefficient (Wildman–Crippen LogP) is 16.2. The second-order valence-corrected chi connectivity index (χ2v) is 18.6. The van der Waals surface area contributed by atoms with E-state index in [0.29, 0.717) is 0 Å². The SMILES string of the molecule is CC1(C)c2ccccc2-c2ccc(-c3c4ccccc4cc4c3oc3c(C(c5ccccc5)c5ccc6c(c5)C5(c7ccccc7-c7ccccc75)c5ccccc5-6)cccc34)cc21. The molecule has 0 bridgehead atoms. The summed E-state index contributed by atoms with van der Waals surface area (Å²) in [5.74, 6) is -0.0967. The number of furan rings is 1. The Balaban J connectivity index is 1.02. The fourth-order valence-corrected chi connectivity index (χ4v) is 12.5. The van der Waals surface area contributed by atoms with Crippen LogP contribution in [0.15, 0.2) is 217 Å². The molecular weight excluding hydrogens is 773 g/mol. The van der Waals surface area contributed by atoms with Gasteiger partial charge in [0.15, 0.2) is 0 Å². The highest BCUT2D eigenvalue weighted by Crippen LogP contribution is 2.63.